The van der Waals surface area contributed by atoms with Gasteiger partial charge < -0.3 is 28.1 Å². The minimum atomic E-state index is 0.246. The van der Waals surface area contributed by atoms with E-state index in [1.165, 1.54) is 0 Å². The van der Waals surface area contributed by atoms with E-state index in [1.807, 2.05) is 42.5 Å². The Kier molecular flexibility index (Phi) is 4.35. The molecule has 0 unspecified atom stereocenters. The molecule has 5 rings (SSSR count). The van der Waals surface area contributed by atoms with Gasteiger partial charge in [-0.05, 0) is 47.5 Å². The van der Waals surface area contributed by atoms with Gasteiger partial charge in [0.1, 0.15) is 5.52 Å². The standard InChI is InChI=1S/C23H19NO6/c1-25-18-9-6-15(21(26-2)22(18)27-3)23-24-16-7-4-13(10-19(16)30-23)14-5-8-17-20(11-14)29-12-28-17/h4-11H,12H2,1-3H3. The fourth-order valence-corrected chi connectivity index (χ4v) is 3.57. The zero-order chi connectivity index (χ0) is 20.7. The summed E-state index contributed by atoms with van der Waals surface area (Å²) in [5.41, 5.74) is 4.07. The van der Waals surface area contributed by atoms with E-state index in [4.69, 9.17) is 28.1 Å². The van der Waals surface area contributed by atoms with E-state index in [0.29, 0.717) is 34.3 Å². The van der Waals surface area contributed by atoms with Crippen molar-refractivity contribution in [2.45, 2.75) is 0 Å². The van der Waals surface area contributed by atoms with Gasteiger partial charge in [0.15, 0.2) is 28.6 Å². The first-order chi connectivity index (χ1) is 14.7. The van der Waals surface area contributed by atoms with Gasteiger partial charge >= 0.3 is 0 Å². The highest BCUT2D eigenvalue weighted by molar-refractivity contribution is 5.84. The molecule has 0 saturated carbocycles. The zero-order valence-corrected chi connectivity index (χ0v) is 16.7. The number of oxazole rings is 1. The number of methoxy groups -OCH3 is 3. The van der Waals surface area contributed by atoms with Crippen LogP contribution in [-0.4, -0.2) is 33.1 Å². The second-order valence-electron chi connectivity index (χ2n) is 6.65. The van der Waals surface area contributed by atoms with Gasteiger partial charge in [0, 0.05) is 0 Å². The predicted octanol–water partition coefficient (Wildman–Crippen LogP) is 4.92. The smallest absolute Gasteiger partial charge is 0.231 e. The van der Waals surface area contributed by atoms with Crippen LogP contribution in [0.3, 0.4) is 0 Å². The molecule has 1 aliphatic heterocycles. The summed E-state index contributed by atoms with van der Waals surface area (Å²) < 4.78 is 33.3. The number of rotatable bonds is 5. The highest BCUT2D eigenvalue weighted by Gasteiger charge is 2.21. The molecule has 0 bridgehead atoms. The van der Waals surface area contributed by atoms with Crippen LogP contribution < -0.4 is 23.7 Å². The van der Waals surface area contributed by atoms with Gasteiger partial charge in [0.2, 0.25) is 18.4 Å². The van der Waals surface area contributed by atoms with Crippen molar-refractivity contribution in [3.05, 3.63) is 48.5 Å². The molecule has 30 heavy (non-hydrogen) atoms. The van der Waals surface area contributed by atoms with Gasteiger partial charge in [-0.3, -0.25) is 0 Å². The number of nitrogens with zero attached hydrogens (tertiary/aromatic N) is 1. The van der Waals surface area contributed by atoms with Crippen molar-refractivity contribution in [3.8, 4) is 51.3 Å². The molecule has 0 radical (unpaired) electrons. The van der Waals surface area contributed by atoms with E-state index in [1.54, 1.807) is 27.4 Å². The molecular weight excluding hydrogens is 386 g/mol. The van der Waals surface area contributed by atoms with Crippen LogP contribution in [0, 0.1) is 0 Å². The lowest BCUT2D eigenvalue weighted by Crippen LogP contribution is -1.96. The minimum Gasteiger partial charge on any atom is -0.493 e. The molecule has 0 saturated heterocycles. The molecule has 0 atom stereocenters. The van der Waals surface area contributed by atoms with Crippen LogP contribution in [0.1, 0.15) is 0 Å². The molecule has 0 aliphatic carbocycles. The van der Waals surface area contributed by atoms with Gasteiger partial charge in [0.05, 0.1) is 26.9 Å². The number of benzene rings is 3. The van der Waals surface area contributed by atoms with E-state index < -0.39 is 0 Å². The number of fused-ring (bicyclic) bond motifs is 2. The van der Waals surface area contributed by atoms with Crippen molar-refractivity contribution < 1.29 is 28.1 Å². The van der Waals surface area contributed by atoms with Gasteiger partial charge in [-0.25, -0.2) is 4.98 Å². The van der Waals surface area contributed by atoms with Crippen molar-refractivity contribution >= 4 is 11.1 Å². The average molecular weight is 405 g/mol. The van der Waals surface area contributed by atoms with Crippen molar-refractivity contribution in [2.75, 3.05) is 28.1 Å². The first kappa shape index (κ1) is 18.2. The van der Waals surface area contributed by atoms with E-state index in [0.717, 1.165) is 28.1 Å². The van der Waals surface area contributed by atoms with Crippen molar-refractivity contribution in [1.29, 1.82) is 0 Å². The molecular formula is C23H19NO6. The van der Waals surface area contributed by atoms with Crippen LogP contribution in [0.5, 0.6) is 28.7 Å². The normalized spacial score (nSPS) is 12.2. The third-order valence-corrected chi connectivity index (χ3v) is 5.03. The molecule has 152 valence electrons. The zero-order valence-electron chi connectivity index (χ0n) is 16.7. The van der Waals surface area contributed by atoms with Crippen LogP contribution in [0.25, 0.3) is 33.7 Å². The molecule has 4 aromatic rings. The monoisotopic (exact) mass is 405 g/mol. The average Bonchev–Trinajstić information content (AvgIpc) is 3.43. The summed E-state index contributed by atoms with van der Waals surface area (Å²) in [6.07, 6.45) is 0. The quantitative estimate of drug-likeness (QED) is 0.467. The third-order valence-electron chi connectivity index (χ3n) is 5.03. The highest BCUT2D eigenvalue weighted by Crippen LogP contribution is 2.44. The summed E-state index contributed by atoms with van der Waals surface area (Å²) in [4.78, 5) is 4.63. The number of aromatic nitrogens is 1. The first-order valence-electron chi connectivity index (χ1n) is 9.31. The Morgan fingerprint density at radius 1 is 0.767 bits per heavy atom. The molecule has 7 nitrogen and oxygen atoms in total. The SMILES string of the molecule is COc1ccc(-c2nc3ccc(-c4ccc5c(c4)OCO5)cc3o2)c(OC)c1OC. The maximum atomic E-state index is 6.08. The van der Waals surface area contributed by atoms with Crippen LogP contribution in [0.2, 0.25) is 0 Å². The topological polar surface area (TPSA) is 72.2 Å². The predicted molar refractivity (Wildman–Crippen MR) is 111 cm³/mol. The fourth-order valence-electron chi connectivity index (χ4n) is 3.57. The third kappa shape index (κ3) is 2.86. The maximum absolute atomic E-state index is 6.08. The van der Waals surface area contributed by atoms with E-state index >= 15 is 0 Å². The van der Waals surface area contributed by atoms with Gasteiger partial charge in [-0.1, -0.05) is 12.1 Å². The Morgan fingerprint density at radius 3 is 2.33 bits per heavy atom. The Bertz CT molecular complexity index is 1250. The lowest BCUT2D eigenvalue weighted by Gasteiger charge is -2.13. The summed E-state index contributed by atoms with van der Waals surface area (Å²) in [6, 6.07) is 15.4. The largest absolute Gasteiger partial charge is 0.493 e. The summed E-state index contributed by atoms with van der Waals surface area (Å²) >= 11 is 0. The van der Waals surface area contributed by atoms with Crippen LogP contribution in [0.15, 0.2) is 52.9 Å². The fraction of sp³-hybridized carbons (Fsp3) is 0.174. The maximum Gasteiger partial charge on any atom is 0.231 e. The molecule has 1 aromatic heterocycles. The van der Waals surface area contributed by atoms with Gasteiger partial charge in [-0.15, -0.1) is 0 Å². The second kappa shape index (κ2) is 7.18. The molecule has 2 heterocycles. The lowest BCUT2D eigenvalue weighted by molar-refractivity contribution is 0.174. The van der Waals surface area contributed by atoms with Crippen molar-refractivity contribution in [3.63, 3.8) is 0 Å². The molecule has 7 heteroatoms. The number of hydrogen-bond donors (Lipinski definition) is 0. The van der Waals surface area contributed by atoms with E-state index in [9.17, 15) is 0 Å². The second-order valence-corrected chi connectivity index (χ2v) is 6.65. The number of ether oxygens (including phenoxy) is 5. The molecule has 0 fully saturated rings. The highest BCUT2D eigenvalue weighted by atomic mass is 16.7. The molecule has 1 aliphatic rings. The molecule has 0 spiro atoms. The Hall–Kier alpha value is -3.87. The van der Waals surface area contributed by atoms with Crippen molar-refractivity contribution in [2.24, 2.45) is 0 Å². The Balaban J connectivity index is 1.58. The van der Waals surface area contributed by atoms with Gasteiger partial charge in [-0.2, -0.15) is 0 Å². The van der Waals surface area contributed by atoms with E-state index in [2.05, 4.69) is 4.98 Å². The van der Waals surface area contributed by atoms with E-state index in [-0.39, 0.29) is 6.79 Å². The Labute approximate surface area is 172 Å². The van der Waals surface area contributed by atoms with Crippen LogP contribution in [0.4, 0.5) is 0 Å². The summed E-state index contributed by atoms with van der Waals surface area (Å²) in [5, 5.41) is 0. The summed E-state index contributed by atoms with van der Waals surface area (Å²) in [7, 11) is 4.71. The molecule has 0 N–H and O–H groups in total. The number of hydrogen-bond acceptors (Lipinski definition) is 7. The minimum absolute atomic E-state index is 0.246. The Morgan fingerprint density at radius 2 is 1.53 bits per heavy atom. The van der Waals surface area contributed by atoms with Gasteiger partial charge in [0.25, 0.3) is 0 Å². The molecule has 0 amide bonds. The van der Waals surface area contributed by atoms with Crippen LogP contribution in [-0.2, 0) is 0 Å². The molecule has 3 aromatic carbocycles. The van der Waals surface area contributed by atoms with Crippen molar-refractivity contribution in [1.82, 2.24) is 4.98 Å². The lowest BCUT2D eigenvalue weighted by atomic mass is 10.0. The summed E-state index contributed by atoms with van der Waals surface area (Å²) in [5.74, 6) is 3.48. The summed E-state index contributed by atoms with van der Waals surface area (Å²) in [6.45, 7) is 0.246. The first-order valence-corrected chi connectivity index (χ1v) is 9.31. The van der Waals surface area contributed by atoms with Crippen LogP contribution >= 0.6 is 0 Å².